The first kappa shape index (κ1) is 14.4. The summed E-state index contributed by atoms with van der Waals surface area (Å²) in [5.41, 5.74) is 3.18. The average Bonchev–Trinajstić information content (AvgIpc) is 2.46. The summed E-state index contributed by atoms with van der Waals surface area (Å²) in [6.45, 7) is 4.02. The molecule has 0 aliphatic rings. The van der Waals surface area contributed by atoms with E-state index < -0.39 is 0 Å². The van der Waals surface area contributed by atoms with E-state index in [-0.39, 0.29) is 11.1 Å². The summed E-state index contributed by atoms with van der Waals surface area (Å²) in [7, 11) is 0. The summed E-state index contributed by atoms with van der Waals surface area (Å²) in [6, 6.07) is 7.93. The van der Waals surface area contributed by atoms with Crippen molar-refractivity contribution >= 4 is 11.8 Å². The third kappa shape index (κ3) is 2.47. The lowest BCUT2D eigenvalue weighted by molar-refractivity contribution is 0.934. The molecular weight excluding hydrogens is 270 g/mol. The van der Waals surface area contributed by atoms with Crippen molar-refractivity contribution in [3.63, 3.8) is 0 Å². The molecule has 20 heavy (non-hydrogen) atoms. The van der Waals surface area contributed by atoms with Crippen LogP contribution in [0, 0.1) is 18.3 Å². The zero-order chi connectivity index (χ0) is 14.7. The van der Waals surface area contributed by atoms with Crippen LogP contribution in [-0.4, -0.2) is 16.2 Å². The molecule has 0 aliphatic heterocycles. The predicted octanol–water partition coefficient (Wildman–Crippen LogP) is 2.90. The Bertz CT molecular complexity index is 744. The quantitative estimate of drug-likeness (QED) is 0.695. The van der Waals surface area contributed by atoms with Crippen molar-refractivity contribution in [3.05, 3.63) is 45.2 Å². The van der Waals surface area contributed by atoms with Gasteiger partial charge in [-0.3, -0.25) is 4.79 Å². The zero-order valence-electron chi connectivity index (χ0n) is 11.7. The standard InChI is InChI=1S/C15H15N3OS/c1-4-10-7-5-6-9(2)12(10)13-11(8-16)14(19)18-15(17-13)20-3/h5-7H,4H2,1-3H3,(H,17,18,19). The smallest absolute Gasteiger partial charge is 0.270 e. The SMILES string of the molecule is CCc1cccc(C)c1-c1nc(SC)[nH]c(=O)c1C#N. The fourth-order valence-electron chi connectivity index (χ4n) is 2.20. The number of rotatable bonds is 3. The molecule has 0 radical (unpaired) electrons. The molecule has 0 aliphatic carbocycles. The van der Waals surface area contributed by atoms with Gasteiger partial charge in [-0.1, -0.05) is 36.9 Å². The molecular formula is C15H15N3OS. The molecule has 0 amide bonds. The molecule has 0 spiro atoms. The summed E-state index contributed by atoms with van der Waals surface area (Å²) in [5, 5.41) is 9.78. The maximum absolute atomic E-state index is 12.0. The summed E-state index contributed by atoms with van der Waals surface area (Å²) in [5.74, 6) is 0. The van der Waals surface area contributed by atoms with Crippen molar-refractivity contribution in [2.24, 2.45) is 0 Å². The van der Waals surface area contributed by atoms with E-state index in [2.05, 4.69) is 9.97 Å². The molecule has 102 valence electrons. The van der Waals surface area contributed by atoms with Gasteiger partial charge in [0.25, 0.3) is 5.56 Å². The molecule has 2 aromatic rings. The van der Waals surface area contributed by atoms with Crippen LogP contribution in [0.5, 0.6) is 0 Å². The van der Waals surface area contributed by atoms with Crippen molar-refractivity contribution in [2.75, 3.05) is 6.26 Å². The van der Waals surface area contributed by atoms with Crippen LogP contribution in [0.25, 0.3) is 11.3 Å². The molecule has 0 bridgehead atoms. The highest BCUT2D eigenvalue weighted by Gasteiger charge is 2.17. The first-order valence-corrected chi connectivity index (χ1v) is 7.52. The molecule has 0 saturated carbocycles. The van der Waals surface area contributed by atoms with Crippen LogP contribution in [0.3, 0.4) is 0 Å². The Kier molecular flexibility index (Phi) is 4.26. The number of aromatic amines is 1. The van der Waals surface area contributed by atoms with E-state index in [9.17, 15) is 10.1 Å². The molecule has 0 saturated heterocycles. The number of thioether (sulfide) groups is 1. The van der Waals surface area contributed by atoms with Crippen LogP contribution in [0.1, 0.15) is 23.6 Å². The lowest BCUT2D eigenvalue weighted by atomic mass is 9.95. The van der Waals surface area contributed by atoms with Gasteiger partial charge in [0.2, 0.25) is 0 Å². The molecule has 0 fully saturated rings. The van der Waals surface area contributed by atoms with E-state index in [0.717, 1.165) is 23.1 Å². The van der Waals surface area contributed by atoms with Crippen LogP contribution in [0.4, 0.5) is 0 Å². The van der Waals surface area contributed by atoms with Crippen LogP contribution < -0.4 is 5.56 Å². The third-order valence-electron chi connectivity index (χ3n) is 3.18. The molecule has 1 aromatic heterocycles. The van der Waals surface area contributed by atoms with Crippen LogP contribution in [-0.2, 0) is 6.42 Å². The molecule has 1 heterocycles. The third-order valence-corrected chi connectivity index (χ3v) is 3.76. The summed E-state index contributed by atoms with van der Waals surface area (Å²) >= 11 is 1.35. The van der Waals surface area contributed by atoms with E-state index in [1.54, 1.807) is 0 Å². The van der Waals surface area contributed by atoms with E-state index in [1.165, 1.54) is 11.8 Å². The van der Waals surface area contributed by atoms with E-state index >= 15 is 0 Å². The number of benzene rings is 1. The monoisotopic (exact) mass is 285 g/mol. The zero-order valence-corrected chi connectivity index (χ0v) is 12.5. The van der Waals surface area contributed by atoms with Gasteiger partial charge in [-0.05, 0) is 30.7 Å². The number of hydrogen-bond acceptors (Lipinski definition) is 4. The highest BCUT2D eigenvalue weighted by atomic mass is 32.2. The van der Waals surface area contributed by atoms with Gasteiger partial charge in [0.1, 0.15) is 11.6 Å². The minimum Gasteiger partial charge on any atom is -0.300 e. The van der Waals surface area contributed by atoms with Gasteiger partial charge >= 0.3 is 0 Å². The maximum Gasteiger partial charge on any atom is 0.270 e. The summed E-state index contributed by atoms with van der Waals surface area (Å²) < 4.78 is 0. The fourth-order valence-corrected chi connectivity index (χ4v) is 2.57. The fraction of sp³-hybridized carbons (Fsp3) is 0.267. The Morgan fingerprint density at radius 1 is 1.45 bits per heavy atom. The number of hydrogen-bond donors (Lipinski definition) is 1. The van der Waals surface area contributed by atoms with Gasteiger partial charge in [0.15, 0.2) is 5.16 Å². The first-order valence-electron chi connectivity index (χ1n) is 6.29. The number of aryl methyl sites for hydroxylation is 2. The Hall–Kier alpha value is -2.06. The molecule has 1 N–H and O–H groups in total. The lowest BCUT2D eigenvalue weighted by Crippen LogP contribution is -2.15. The number of aromatic nitrogens is 2. The number of nitrogens with zero attached hydrogens (tertiary/aromatic N) is 2. The molecule has 5 heteroatoms. The van der Waals surface area contributed by atoms with Crippen molar-refractivity contribution < 1.29 is 0 Å². The minimum atomic E-state index is -0.382. The van der Waals surface area contributed by atoms with Crippen molar-refractivity contribution in [3.8, 4) is 17.3 Å². The summed E-state index contributed by atoms with van der Waals surface area (Å²) in [4.78, 5) is 19.1. The second kappa shape index (κ2) is 5.93. The predicted molar refractivity (Wildman–Crippen MR) is 80.9 cm³/mol. The van der Waals surface area contributed by atoms with Gasteiger partial charge < -0.3 is 4.98 Å². The highest BCUT2D eigenvalue weighted by Crippen LogP contribution is 2.28. The highest BCUT2D eigenvalue weighted by molar-refractivity contribution is 7.98. The van der Waals surface area contributed by atoms with Gasteiger partial charge in [0, 0.05) is 5.56 Å². The second-order valence-corrected chi connectivity index (χ2v) is 5.17. The van der Waals surface area contributed by atoms with Gasteiger partial charge in [0.05, 0.1) is 5.69 Å². The van der Waals surface area contributed by atoms with Crippen LogP contribution in [0.2, 0.25) is 0 Å². The van der Waals surface area contributed by atoms with E-state index in [0.29, 0.717) is 10.9 Å². The summed E-state index contributed by atoms with van der Waals surface area (Å²) in [6.07, 6.45) is 2.66. The Morgan fingerprint density at radius 3 is 2.80 bits per heavy atom. The Morgan fingerprint density at radius 2 is 2.20 bits per heavy atom. The number of nitriles is 1. The minimum absolute atomic E-state index is 0.0757. The van der Waals surface area contributed by atoms with Crippen LogP contribution >= 0.6 is 11.8 Å². The first-order chi connectivity index (χ1) is 9.62. The normalized spacial score (nSPS) is 10.3. The number of nitrogens with one attached hydrogen (secondary N) is 1. The second-order valence-electron chi connectivity index (χ2n) is 4.37. The largest absolute Gasteiger partial charge is 0.300 e. The van der Waals surface area contributed by atoms with Crippen molar-refractivity contribution in [1.29, 1.82) is 5.26 Å². The average molecular weight is 285 g/mol. The topological polar surface area (TPSA) is 69.5 Å². The maximum atomic E-state index is 12.0. The van der Waals surface area contributed by atoms with Gasteiger partial charge in [-0.2, -0.15) is 5.26 Å². The lowest BCUT2D eigenvalue weighted by Gasteiger charge is -2.12. The Labute approximate surface area is 121 Å². The number of H-pyrrole nitrogens is 1. The van der Waals surface area contributed by atoms with Gasteiger partial charge in [-0.25, -0.2) is 4.98 Å². The molecule has 0 atom stereocenters. The van der Waals surface area contributed by atoms with Crippen molar-refractivity contribution in [2.45, 2.75) is 25.4 Å². The molecule has 2 rings (SSSR count). The molecule has 4 nitrogen and oxygen atoms in total. The molecule has 0 unspecified atom stereocenters. The van der Waals surface area contributed by atoms with Gasteiger partial charge in [-0.15, -0.1) is 0 Å². The van der Waals surface area contributed by atoms with E-state index in [1.807, 2.05) is 44.4 Å². The molecule has 1 aromatic carbocycles. The van der Waals surface area contributed by atoms with Crippen LogP contribution in [0.15, 0.2) is 28.2 Å². The van der Waals surface area contributed by atoms with E-state index in [4.69, 9.17) is 0 Å². The van der Waals surface area contributed by atoms with Crippen molar-refractivity contribution in [1.82, 2.24) is 9.97 Å². The Balaban J connectivity index is 2.86.